The van der Waals surface area contributed by atoms with Crippen molar-refractivity contribution >= 4 is 22.8 Å². The Bertz CT molecular complexity index is 1250. The molecule has 0 saturated carbocycles. The summed E-state index contributed by atoms with van der Waals surface area (Å²) in [5.41, 5.74) is 5.17. The Balaban J connectivity index is 1.32. The number of carbonyl (C=O) groups excluding carboxylic acids is 2. The van der Waals surface area contributed by atoms with E-state index in [1.54, 1.807) is 6.92 Å². The number of benzene rings is 2. The average Bonchev–Trinajstić information content (AvgIpc) is 3.28. The second-order valence-electron chi connectivity index (χ2n) is 8.59. The minimum Gasteiger partial charge on any atom is -0.454 e. The maximum atomic E-state index is 13.3. The summed E-state index contributed by atoms with van der Waals surface area (Å²) in [5.74, 6) is 0.516. The number of carbonyl (C=O) groups is 2. The van der Waals surface area contributed by atoms with Crippen LogP contribution in [0.25, 0.3) is 10.9 Å². The van der Waals surface area contributed by atoms with Gasteiger partial charge in [0.05, 0.1) is 11.1 Å². The molecule has 1 aromatic heterocycles. The molecule has 0 radical (unpaired) electrons. The summed E-state index contributed by atoms with van der Waals surface area (Å²) in [6.45, 7) is 4.07. The van der Waals surface area contributed by atoms with Gasteiger partial charge in [-0.25, -0.2) is 4.79 Å². The highest BCUT2D eigenvalue weighted by molar-refractivity contribution is 6.06. The van der Waals surface area contributed by atoms with E-state index in [1.807, 2.05) is 43.3 Å². The van der Waals surface area contributed by atoms with Crippen molar-refractivity contribution in [1.82, 2.24) is 10.3 Å². The predicted octanol–water partition coefficient (Wildman–Crippen LogP) is 4.01. The number of pyridine rings is 1. The SMILES string of the molecule is Cc1ccc2nc3c(c(C(=O)OC(C)C(=O)NCc4ccc5c(c4)OCO5)c2c1)CCCC3. The number of esters is 1. The Morgan fingerprint density at radius 1 is 1.09 bits per heavy atom. The molecule has 7 heteroatoms. The number of hydrogen-bond donors (Lipinski definition) is 1. The molecular formula is C26H26N2O5. The van der Waals surface area contributed by atoms with E-state index < -0.39 is 12.1 Å². The van der Waals surface area contributed by atoms with Gasteiger partial charge in [0.15, 0.2) is 17.6 Å². The number of rotatable bonds is 5. The van der Waals surface area contributed by atoms with Crippen molar-refractivity contribution in [3.63, 3.8) is 0 Å². The van der Waals surface area contributed by atoms with Crippen LogP contribution in [-0.4, -0.2) is 29.8 Å². The Morgan fingerprint density at radius 3 is 2.79 bits per heavy atom. The molecule has 7 nitrogen and oxygen atoms in total. The second kappa shape index (κ2) is 8.73. The quantitative estimate of drug-likeness (QED) is 0.596. The van der Waals surface area contributed by atoms with Crippen LogP contribution in [0.1, 0.15) is 52.5 Å². The molecule has 1 N–H and O–H groups in total. The number of hydrogen-bond acceptors (Lipinski definition) is 6. The molecule has 2 heterocycles. The van der Waals surface area contributed by atoms with Gasteiger partial charge >= 0.3 is 5.97 Å². The molecule has 3 aromatic rings. The third kappa shape index (κ3) is 4.23. The fourth-order valence-corrected chi connectivity index (χ4v) is 4.43. The minimum absolute atomic E-state index is 0.199. The van der Waals surface area contributed by atoms with E-state index in [2.05, 4.69) is 5.32 Å². The van der Waals surface area contributed by atoms with E-state index in [0.29, 0.717) is 23.6 Å². The minimum atomic E-state index is -0.932. The van der Waals surface area contributed by atoms with Gasteiger partial charge in [-0.1, -0.05) is 17.7 Å². The lowest BCUT2D eigenvalue weighted by Gasteiger charge is -2.21. The summed E-state index contributed by atoms with van der Waals surface area (Å²) < 4.78 is 16.3. The van der Waals surface area contributed by atoms with Gasteiger partial charge in [-0.3, -0.25) is 9.78 Å². The summed E-state index contributed by atoms with van der Waals surface area (Å²) in [6.07, 6.45) is 2.79. The van der Waals surface area contributed by atoms with Crippen LogP contribution in [0, 0.1) is 6.92 Å². The van der Waals surface area contributed by atoms with E-state index in [1.165, 1.54) is 0 Å². The van der Waals surface area contributed by atoms with Gasteiger partial charge in [-0.2, -0.15) is 0 Å². The van der Waals surface area contributed by atoms with Gasteiger partial charge in [0.1, 0.15) is 0 Å². The van der Waals surface area contributed by atoms with Crippen LogP contribution in [0.5, 0.6) is 11.5 Å². The molecule has 2 aliphatic rings. The molecule has 2 aromatic carbocycles. The highest BCUT2D eigenvalue weighted by Crippen LogP contribution is 2.33. The maximum absolute atomic E-state index is 13.3. The maximum Gasteiger partial charge on any atom is 0.339 e. The molecule has 1 amide bonds. The van der Waals surface area contributed by atoms with Crippen molar-refractivity contribution < 1.29 is 23.8 Å². The molecular weight excluding hydrogens is 420 g/mol. The number of amides is 1. The summed E-state index contributed by atoms with van der Waals surface area (Å²) in [5, 5.41) is 3.62. The predicted molar refractivity (Wildman–Crippen MR) is 122 cm³/mol. The largest absolute Gasteiger partial charge is 0.454 e. The molecule has 33 heavy (non-hydrogen) atoms. The molecule has 170 valence electrons. The van der Waals surface area contributed by atoms with E-state index in [-0.39, 0.29) is 12.7 Å². The molecule has 0 fully saturated rings. The van der Waals surface area contributed by atoms with Crippen LogP contribution in [0.2, 0.25) is 0 Å². The zero-order chi connectivity index (χ0) is 22.9. The summed E-state index contributed by atoms with van der Waals surface area (Å²) in [7, 11) is 0. The standard InChI is InChI=1S/C26H26N2O5/c1-15-7-9-21-19(11-15)24(18-5-3-4-6-20(18)28-21)26(30)33-16(2)25(29)27-13-17-8-10-22-23(12-17)32-14-31-22/h7-12,16H,3-6,13-14H2,1-2H3,(H,27,29). The zero-order valence-electron chi connectivity index (χ0n) is 18.8. The van der Waals surface area contributed by atoms with E-state index >= 15 is 0 Å². The lowest BCUT2D eigenvalue weighted by Crippen LogP contribution is -2.35. The monoisotopic (exact) mass is 446 g/mol. The first-order valence-corrected chi connectivity index (χ1v) is 11.3. The van der Waals surface area contributed by atoms with Crippen LogP contribution < -0.4 is 14.8 Å². The van der Waals surface area contributed by atoms with Crippen LogP contribution >= 0.6 is 0 Å². The zero-order valence-corrected chi connectivity index (χ0v) is 18.8. The van der Waals surface area contributed by atoms with Gasteiger partial charge in [0, 0.05) is 17.6 Å². The van der Waals surface area contributed by atoms with Crippen LogP contribution in [0.15, 0.2) is 36.4 Å². The molecule has 0 bridgehead atoms. The number of nitrogens with one attached hydrogen (secondary N) is 1. The Kier molecular flexibility index (Phi) is 5.62. The molecule has 1 aliphatic heterocycles. The van der Waals surface area contributed by atoms with Gasteiger partial charge in [0.2, 0.25) is 6.79 Å². The fourth-order valence-electron chi connectivity index (χ4n) is 4.43. The lowest BCUT2D eigenvalue weighted by molar-refractivity contribution is -0.129. The molecule has 1 atom stereocenters. The third-order valence-corrected chi connectivity index (χ3v) is 6.18. The second-order valence-corrected chi connectivity index (χ2v) is 8.59. The fraction of sp³-hybridized carbons (Fsp3) is 0.346. The molecule has 1 unspecified atom stereocenters. The topological polar surface area (TPSA) is 86.8 Å². The highest BCUT2D eigenvalue weighted by Gasteiger charge is 2.26. The third-order valence-electron chi connectivity index (χ3n) is 6.18. The van der Waals surface area contributed by atoms with Crippen LogP contribution in [0.4, 0.5) is 0 Å². The Morgan fingerprint density at radius 2 is 1.91 bits per heavy atom. The van der Waals surface area contributed by atoms with Crippen LogP contribution in [-0.2, 0) is 28.9 Å². The smallest absolute Gasteiger partial charge is 0.339 e. The molecule has 5 rings (SSSR count). The van der Waals surface area contributed by atoms with Gasteiger partial charge in [0.25, 0.3) is 5.91 Å². The first-order valence-electron chi connectivity index (χ1n) is 11.3. The lowest BCUT2D eigenvalue weighted by atomic mass is 9.89. The number of aromatic nitrogens is 1. The van der Waals surface area contributed by atoms with Gasteiger partial charge < -0.3 is 19.5 Å². The average molecular weight is 447 g/mol. The van der Waals surface area contributed by atoms with Gasteiger partial charge in [-0.15, -0.1) is 0 Å². The summed E-state index contributed by atoms with van der Waals surface area (Å²) >= 11 is 0. The van der Waals surface area contributed by atoms with Crippen molar-refractivity contribution in [2.45, 2.75) is 52.2 Å². The highest BCUT2D eigenvalue weighted by atomic mass is 16.7. The number of fused-ring (bicyclic) bond motifs is 3. The van der Waals surface area contributed by atoms with E-state index in [0.717, 1.165) is 59.0 Å². The molecule has 0 spiro atoms. The van der Waals surface area contributed by atoms with E-state index in [4.69, 9.17) is 19.2 Å². The first-order chi connectivity index (χ1) is 16.0. The summed E-state index contributed by atoms with van der Waals surface area (Å²) in [4.78, 5) is 30.8. The number of aryl methyl sites for hydroxylation is 2. The number of ether oxygens (including phenoxy) is 3. The normalized spacial score (nSPS) is 15.1. The Hall–Kier alpha value is -3.61. The summed E-state index contributed by atoms with van der Waals surface area (Å²) in [6, 6.07) is 11.4. The van der Waals surface area contributed by atoms with E-state index in [9.17, 15) is 9.59 Å². The van der Waals surface area contributed by atoms with Gasteiger partial charge in [-0.05, 0) is 74.9 Å². The Labute approximate surface area is 192 Å². The van der Waals surface area contributed by atoms with Crippen LogP contribution in [0.3, 0.4) is 0 Å². The van der Waals surface area contributed by atoms with Crippen molar-refractivity contribution in [3.8, 4) is 11.5 Å². The van der Waals surface area contributed by atoms with Crippen molar-refractivity contribution in [2.24, 2.45) is 0 Å². The van der Waals surface area contributed by atoms with Crippen molar-refractivity contribution in [1.29, 1.82) is 0 Å². The molecule has 1 aliphatic carbocycles. The molecule has 0 saturated heterocycles. The number of nitrogens with zero attached hydrogens (tertiary/aromatic N) is 1. The van der Waals surface area contributed by atoms with Crippen molar-refractivity contribution in [3.05, 3.63) is 64.3 Å². The van der Waals surface area contributed by atoms with Crippen molar-refractivity contribution in [2.75, 3.05) is 6.79 Å². The first kappa shape index (κ1) is 21.2.